The SMILES string of the molecule is Clc1cccc(-c2cnn3c(-c4ccc5ccccc5c4)ccnc23)c1. The first-order valence-corrected chi connectivity index (χ1v) is 8.75. The number of halogens is 1. The summed E-state index contributed by atoms with van der Waals surface area (Å²) in [6.07, 6.45) is 3.67. The summed E-state index contributed by atoms with van der Waals surface area (Å²) in [6.45, 7) is 0. The van der Waals surface area contributed by atoms with Gasteiger partial charge in [0.2, 0.25) is 0 Å². The highest BCUT2D eigenvalue weighted by atomic mass is 35.5. The van der Waals surface area contributed by atoms with Gasteiger partial charge in [-0.1, -0.05) is 60.1 Å². The molecule has 0 aliphatic rings. The summed E-state index contributed by atoms with van der Waals surface area (Å²) in [5.41, 5.74) is 4.91. The molecule has 2 aromatic heterocycles. The van der Waals surface area contributed by atoms with Crippen molar-refractivity contribution in [1.82, 2.24) is 14.6 Å². The number of aromatic nitrogens is 3. The van der Waals surface area contributed by atoms with Crippen LogP contribution in [-0.4, -0.2) is 14.6 Å². The Bertz CT molecular complexity index is 1260. The Hall–Kier alpha value is -3.17. The van der Waals surface area contributed by atoms with Crippen LogP contribution in [0.3, 0.4) is 0 Å². The van der Waals surface area contributed by atoms with Crippen LogP contribution in [0.1, 0.15) is 0 Å². The first kappa shape index (κ1) is 15.1. The van der Waals surface area contributed by atoms with Crippen molar-refractivity contribution in [3.63, 3.8) is 0 Å². The van der Waals surface area contributed by atoms with Crippen molar-refractivity contribution in [2.75, 3.05) is 0 Å². The zero-order valence-corrected chi connectivity index (χ0v) is 14.6. The molecular formula is C22H14ClN3. The van der Waals surface area contributed by atoms with Gasteiger partial charge in [-0.05, 0) is 40.6 Å². The van der Waals surface area contributed by atoms with E-state index in [4.69, 9.17) is 11.6 Å². The third kappa shape index (κ3) is 2.45. The molecule has 0 spiro atoms. The number of hydrogen-bond donors (Lipinski definition) is 0. The van der Waals surface area contributed by atoms with Crippen molar-refractivity contribution in [3.8, 4) is 22.4 Å². The van der Waals surface area contributed by atoms with E-state index in [-0.39, 0.29) is 0 Å². The average molecular weight is 356 g/mol. The van der Waals surface area contributed by atoms with E-state index in [1.54, 1.807) is 0 Å². The lowest BCUT2D eigenvalue weighted by Crippen LogP contribution is -1.95. The van der Waals surface area contributed by atoms with Gasteiger partial charge in [0.05, 0.1) is 11.9 Å². The maximum absolute atomic E-state index is 6.15. The van der Waals surface area contributed by atoms with E-state index in [1.807, 2.05) is 47.2 Å². The molecule has 0 saturated heterocycles. The summed E-state index contributed by atoms with van der Waals surface area (Å²) >= 11 is 6.15. The topological polar surface area (TPSA) is 30.2 Å². The molecule has 0 unspecified atom stereocenters. The minimum atomic E-state index is 0.701. The minimum Gasteiger partial charge on any atom is -0.236 e. The third-order valence-electron chi connectivity index (χ3n) is 4.58. The van der Waals surface area contributed by atoms with Crippen LogP contribution in [0.25, 0.3) is 38.8 Å². The Morgan fingerprint density at radius 1 is 0.769 bits per heavy atom. The van der Waals surface area contributed by atoms with Gasteiger partial charge < -0.3 is 0 Å². The van der Waals surface area contributed by atoms with E-state index >= 15 is 0 Å². The number of hydrogen-bond acceptors (Lipinski definition) is 2. The number of fused-ring (bicyclic) bond motifs is 2. The molecule has 26 heavy (non-hydrogen) atoms. The number of nitrogens with zero attached hydrogens (tertiary/aromatic N) is 3. The van der Waals surface area contributed by atoms with Crippen LogP contribution in [0.15, 0.2) is 85.2 Å². The van der Waals surface area contributed by atoms with Crippen LogP contribution in [0, 0.1) is 0 Å². The van der Waals surface area contributed by atoms with E-state index in [2.05, 4.69) is 52.5 Å². The van der Waals surface area contributed by atoms with Crippen molar-refractivity contribution in [1.29, 1.82) is 0 Å². The lowest BCUT2D eigenvalue weighted by atomic mass is 10.0. The van der Waals surface area contributed by atoms with Gasteiger partial charge in [0.15, 0.2) is 5.65 Å². The van der Waals surface area contributed by atoms with Crippen molar-refractivity contribution >= 4 is 28.0 Å². The summed E-state index contributed by atoms with van der Waals surface area (Å²) in [5.74, 6) is 0. The van der Waals surface area contributed by atoms with E-state index in [0.29, 0.717) is 5.02 Å². The van der Waals surface area contributed by atoms with Crippen LogP contribution >= 0.6 is 11.6 Å². The van der Waals surface area contributed by atoms with E-state index in [1.165, 1.54) is 10.8 Å². The molecular weight excluding hydrogens is 342 g/mol. The molecule has 0 aliphatic carbocycles. The smallest absolute Gasteiger partial charge is 0.163 e. The van der Waals surface area contributed by atoms with Crippen molar-refractivity contribution < 1.29 is 0 Å². The molecule has 0 fully saturated rings. The molecule has 0 atom stereocenters. The molecule has 0 radical (unpaired) electrons. The minimum absolute atomic E-state index is 0.701. The fourth-order valence-electron chi connectivity index (χ4n) is 3.32. The standard InChI is InChI=1S/C22H14ClN3/c23-19-7-3-6-17(13-19)20-14-25-26-21(10-11-24-22(20)26)18-9-8-15-4-1-2-5-16(15)12-18/h1-14H. The van der Waals surface area contributed by atoms with Gasteiger partial charge in [-0.15, -0.1) is 0 Å². The molecule has 2 heterocycles. The van der Waals surface area contributed by atoms with Gasteiger partial charge in [-0.25, -0.2) is 9.50 Å². The quantitative estimate of drug-likeness (QED) is 0.396. The molecule has 5 rings (SSSR count). The largest absolute Gasteiger partial charge is 0.236 e. The maximum atomic E-state index is 6.15. The molecule has 0 bridgehead atoms. The Morgan fingerprint density at radius 2 is 1.65 bits per heavy atom. The molecule has 0 aliphatic heterocycles. The van der Waals surface area contributed by atoms with Gasteiger partial charge in [0.25, 0.3) is 0 Å². The van der Waals surface area contributed by atoms with Gasteiger partial charge >= 0.3 is 0 Å². The van der Waals surface area contributed by atoms with Gasteiger partial charge in [0, 0.05) is 22.3 Å². The maximum Gasteiger partial charge on any atom is 0.163 e. The predicted molar refractivity (Wildman–Crippen MR) is 106 cm³/mol. The van der Waals surface area contributed by atoms with E-state index < -0.39 is 0 Å². The lowest BCUT2D eigenvalue weighted by Gasteiger charge is -2.07. The third-order valence-corrected chi connectivity index (χ3v) is 4.82. The Labute approximate surface area is 155 Å². The molecule has 4 heteroatoms. The highest BCUT2D eigenvalue weighted by Crippen LogP contribution is 2.29. The molecule has 3 aromatic carbocycles. The van der Waals surface area contributed by atoms with Crippen LogP contribution < -0.4 is 0 Å². The summed E-state index contributed by atoms with van der Waals surface area (Å²) in [7, 11) is 0. The zero-order chi connectivity index (χ0) is 17.5. The number of rotatable bonds is 2. The highest BCUT2D eigenvalue weighted by molar-refractivity contribution is 6.30. The first-order chi connectivity index (χ1) is 12.8. The summed E-state index contributed by atoms with van der Waals surface area (Å²) in [4.78, 5) is 4.55. The van der Waals surface area contributed by atoms with Crippen LogP contribution in [-0.2, 0) is 0 Å². The summed E-state index contributed by atoms with van der Waals surface area (Å²) in [6, 6.07) is 24.5. The Kier molecular flexibility index (Phi) is 3.47. The van der Waals surface area contributed by atoms with Crippen molar-refractivity contribution in [3.05, 3.63) is 90.2 Å². The zero-order valence-electron chi connectivity index (χ0n) is 13.8. The first-order valence-electron chi connectivity index (χ1n) is 8.37. The molecule has 3 nitrogen and oxygen atoms in total. The second-order valence-corrected chi connectivity index (χ2v) is 6.63. The molecule has 5 aromatic rings. The van der Waals surface area contributed by atoms with E-state index in [9.17, 15) is 0 Å². The Balaban J connectivity index is 1.71. The molecule has 124 valence electrons. The van der Waals surface area contributed by atoms with Gasteiger partial charge in [0.1, 0.15) is 0 Å². The molecule has 0 N–H and O–H groups in total. The normalized spacial score (nSPS) is 11.3. The molecule has 0 amide bonds. The highest BCUT2D eigenvalue weighted by Gasteiger charge is 2.12. The van der Waals surface area contributed by atoms with Crippen LogP contribution in [0.2, 0.25) is 5.02 Å². The van der Waals surface area contributed by atoms with Crippen LogP contribution in [0.4, 0.5) is 0 Å². The number of benzene rings is 3. The second-order valence-electron chi connectivity index (χ2n) is 6.20. The van der Waals surface area contributed by atoms with Gasteiger partial charge in [-0.3, -0.25) is 0 Å². The average Bonchev–Trinajstić information content (AvgIpc) is 3.12. The summed E-state index contributed by atoms with van der Waals surface area (Å²) in [5, 5.41) is 7.72. The monoisotopic (exact) mass is 355 g/mol. The fraction of sp³-hybridized carbons (Fsp3) is 0. The fourth-order valence-corrected chi connectivity index (χ4v) is 3.51. The molecule has 0 saturated carbocycles. The van der Waals surface area contributed by atoms with Crippen molar-refractivity contribution in [2.45, 2.75) is 0 Å². The summed E-state index contributed by atoms with van der Waals surface area (Å²) < 4.78 is 1.89. The lowest BCUT2D eigenvalue weighted by molar-refractivity contribution is 0.948. The van der Waals surface area contributed by atoms with Crippen molar-refractivity contribution in [2.24, 2.45) is 0 Å². The van der Waals surface area contributed by atoms with Gasteiger partial charge in [-0.2, -0.15) is 5.10 Å². The second kappa shape index (κ2) is 5.97. The van der Waals surface area contributed by atoms with Crippen LogP contribution in [0.5, 0.6) is 0 Å². The van der Waals surface area contributed by atoms with E-state index in [0.717, 1.165) is 28.0 Å². The predicted octanol–water partition coefficient (Wildman–Crippen LogP) is 5.87. The Morgan fingerprint density at radius 3 is 2.54 bits per heavy atom.